The maximum Gasteiger partial charge on any atom is 0.245 e. The van der Waals surface area contributed by atoms with Crippen LogP contribution in [-0.2, 0) is 19.9 Å². The predicted octanol–water partition coefficient (Wildman–Crippen LogP) is 1.58. The van der Waals surface area contributed by atoms with Gasteiger partial charge in [0.1, 0.15) is 12.1 Å². The average molecular weight is 405 g/mol. The lowest BCUT2D eigenvalue weighted by Crippen LogP contribution is -2.65. The molecule has 8 nitrogen and oxygen atoms in total. The molecule has 2 aromatic rings. The van der Waals surface area contributed by atoms with Gasteiger partial charge in [0, 0.05) is 24.7 Å². The predicted molar refractivity (Wildman–Crippen MR) is 104 cm³/mol. The monoisotopic (exact) mass is 405 g/mol. The number of nitrogens with one attached hydrogen (secondary N) is 1. The van der Waals surface area contributed by atoms with Gasteiger partial charge in [0.25, 0.3) is 0 Å². The Morgan fingerprint density at radius 1 is 1.10 bits per heavy atom. The zero-order valence-corrected chi connectivity index (χ0v) is 16.3. The molecule has 0 saturated carbocycles. The van der Waals surface area contributed by atoms with E-state index in [1.807, 2.05) is 42.5 Å². The number of rotatable bonds is 1. The average Bonchev–Trinajstić information content (AvgIpc) is 3.04. The summed E-state index contributed by atoms with van der Waals surface area (Å²) < 4.78 is 17.5. The third kappa shape index (κ3) is 1.73. The summed E-state index contributed by atoms with van der Waals surface area (Å²) in [4.78, 5) is 29.6. The fraction of sp³-hybridized carbons (Fsp3) is 0.364. The van der Waals surface area contributed by atoms with Crippen LogP contribution in [0.15, 0.2) is 42.5 Å². The molecule has 3 fully saturated rings. The first-order valence-electron chi connectivity index (χ1n) is 10.1. The van der Waals surface area contributed by atoms with Crippen LogP contribution in [0.3, 0.4) is 0 Å². The molecule has 7 rings (SSSR count). The van der Waals surface area contributed by atoms with Gasteiger partial charge in [-0.2, -0.15) is 0 Å². The van der Waals surface area contributed by atoms with Gasteiger partial charge in [0.2, 0.25) is 18.6 Å². The van der Waals surface area contributed by atoms with Gasteiger partial charge in [-0.15, -0.1) is 0 Å². The van der Waals surface area contributed by atoms with Crippen molar-refractivity contribution in [3.63, 3.8) is 0 Å². The van der Waals surface area contributed by atoms with Gasteiger partial charge in [0.05, 0.1) is 6.54 Å². The summed E-state index contributed by atoms with van der Waals surface area (Å²) in [5, 5.41) is 3.56. The molecule has 1 N–H and O–H groups in total. The Kier molecular flexibility index (Phi) is 2.79. The zero-order chi connectivity index (χ0) is 20.3. The highest BCUT2D eigenvalue weighted by atomic mass is 16.7. The standard InChI is InChI=1S/C22H19N3O5/c1-24-10-18(26)25-15(20(24)27)9-21-13-4-2-3-5-14(13)23-22(21,30-21)19(25)12-6-7-16-17(8-12)29-11-28-16/h2-8,15,19,23H,9-11H2,1H3/t15-,19-,21?,22?/m1/s1. The molecule has 4 atom stereocenters. The van der Waals surface area contributed by atoms with Crippen LogP contribution in [0.2, 0.25) is 0 Å². The Hall–Kier alpha value is -3.26. The second-order valence-corrected chi connectivity index (χ2v) is 8.57. The number of para-hydroxylation sites is 1. The number of hydrogen-bond acceptors (Lipinski definition) is 6. The number of benzene rings is 2. The number of hydrogen-bond donors (Lipinski definition) is 1. The van der Waals surface area contributed by atoms with Crippen LogP contribution in [0.5, 0.6) is 11.5 Å². The minimum atomic E-state index is -0.799. The summed E-state index contributed by atoms with van der Waals surface area (Å²) in [5.74, 6) is 1.18. The molecule has 2 amide bonds. The number of carbonyl (C=O) groups excluding carboxylic acids is 2. The summed E-state index contributed by atoms with van der Waals surface area (Å²) >= 11 is 0. The van der Waals surface area contributed by atoms with E-state index in [2.05, 4.69) is 5.32 Å². The van der Waals surface area contributed by atoms with E-state index in [-0.39, 0.29) is 25.2 Å². The lowest BCUT2D eigenvalue weighted by Gasteiger charge is -2.48. The highest BCUT2D eigenvalue weighted by Gasteiger charge is 2.83. The molecule has 0 radical (unpaired) electrons. The van der Waals surface area contributed by atoms with Crippen molar-refractivity contribution in [2.24, 2.45) is 0 Å². The number of nitrogens with zero attached hydrogens (tertiary/aromatic N) is 2. The van der Waals surface area contributed by atoms with Gasteiger partial charge < -0.3 is 29.3 Å². The number of piperazine rings is 1. The molecule has 0 bridgehead atoms. The number of carbonyl (C=O) groups is 2. The molecule has 0 aromatic heterocycles. The zero-order valence-electron chi connectivity index (χ0n) is 16.3. The molecule has 152 valence electrons. The molecular formula is C22H19N3O5. The molecule has 0 aliphatic carbocycles. The summed E-state index contributed by atoms with van der Waals surface area (Å²) in [6, 6.07) is 12.7. The fourth-order valence-corrected chi connectivity index (χ4v) is 5.79. The summed E-state index contributed by atoms with van der Waals surface area (Å²) in [6.45, 7) is 0.236. The lowest BCUT2D eigenvalue weighted by molar-refractivity contribution is -0.161. The first-order valence-corrected chi connectivity index (χ1v) is 10.1. The molecule has 2 aromatic carbocycles. The summed E-state index contributed by atoms with van der Waals surface area (Å²) in [7, 11) is 1.68. The minimum absolute atomic E-state index is 0.0526. The number of ether oxygens (including phenoxy) is 3. The Labute approximate surface area is 172 Å². The van der Waals surface area contributed by atoms with Crippen LogP contribution in [0.25, 0.3) is 0 Å². The maximum absolute atomic E-state index is 13.2. The number of anilines is 1. The third-order valence-corrected chi connectivity index (χ3v) is 7.09. The van der Waals surface area contributed by atoms with Crippen molar-refractivity contribution in [3.8, 4) is 11.5 Å². The van der Waals surface area contributed by atoms with Gasteiger partial charge in [0.15, 0.2) is 22.8 Å². The highest BCUT2D eigenvalue weighted by molar-refractivity contribution is 5.96. The normalized spacial score (nSPS) is 34.7. The SMILES string of the molecule is CN1CC(=O)N2[C@H](CC34OC3(Nc3ccccc34)[C@H]2c2ccc3c(c2)OCO3)C1=O. The van der Waals surface area contributed by atoms with Gasteiger partial charge in [-0.05, 0) is 23.8 Å². The van der Waals surface area contributed by atoms with Crippen LogP contribution in [-0.4, -0.2) is 53.8 Å². The molecule has 5 heterocycles. The quantitative estimate of drug-likeness (QED) is 0.726. The molecule has 8 heteroatoms. The third-order valence-electron chi connectivity index (χ3n) is 7.09. The van der Waals surface area contributed by atoms with E-state index >= 15 is 0 Å². The van der Waals surface area contributed by atoms with Crippen LogP contribution < -0.4 is 14.8 Å². The van der Waals surface area contributed by atoms with Crippen molar-refractivity contribution in [1.29, 1.82) is 0 Å². The molecule has 3 saturated heterocycles. The summed E-state index contributed by atoms with van der Waals surface area (Å²) in [6.07, 6.45) is 0.437. The Balaban J connectivity index is 1.44. The van der Waals surface area contributed by atoms with E-state index in [9.17, 15) is 9.59 Å². The van der Waals surface area contributed by atoms with E-state index in [0.717, 1.165) is 16.8 Å². The number of fused-ring (bicyclic) bond motifs is 3. The van der Waals surface area contributed by atoms with Crippen LogP contribution in [0, 0.1) is 0 Å². The first-order chi connectivity index (χ1) is 14.5. The van der Waals surface area contributed by atoms with Crippen LogP contribution in [0.4, 0.5) is 5.69 Å². The van der Waals surface area contributed by atoms with Gasteiger partial charge in [-0.1, -0.05) is 24.3 Å². The molecule has 0 spiro atoms. The second kappa shape index (κ2) is 5.07. The van der Waals surface area contributed by atoms with Gasteiger partial charge >= 0.3 is 0 Å². The number of epoxide rings is 1. The maximum atomic E-state index is 13.2. The van der Waals surface area contributed by atoms with Crippen molar-refractivity contribution in [2.75, 3.05) is 25.7 Å². The topological polar surface area (TPSA) is 83.6 Å². The van der Waals surface area contributed by atoms with Gasteiger partial charge in [-0.25, -0.2) is 0 Å². The van der Waals surface area contributed by atoms with Crippen molar-refractivity contribution < 1.29 is 23.8 Å². The Morgan fingerprint density at radius 2 is 1.93 bits per heavy atom. The minimum Gasteiger partial charge on any atom is -0.454 e. The van der Waals surface area contributed by atoms with E-state index in [4.69, 9.17) is 14.2 Å². The highest BCUT2D eigenvalue weighted by Crippen LogP contribution is 2.73. The van der Waals surface area contributed by atoms with E-state index < -0.39 is 23.4 Å². The molecule has 5 aliphatic rings. The van der Waals surface area contributed by atoms with E-state index in [1.54, 1.807) is 11.9 Å². The first kappa shape index (κ1) is 16.5. The largest absolute Gasteiger partial charge is 0.454 e. The molecule has 2 unspecified atom stereocenters. The molecule has 30 heavy (non-hydrogen) atoms. The Bertz CT molecular complexity index is 1150. The van der Waals surface area contributed by atoms with Crippen molar-refractivity contribution in [2.45, 2.75) is 29.8 Å². The van der Waals surface area contributed by atoms with Crippen molar-refractivity contribution >= 4 is 17.5 Å². The smallest absolute Gasteiger partial charge is 0.245 e. The van der Waals surface area contributed by atoms with Crippen molar-refractivity contribution in [3.05, 3.63) is 53.6 Å². The number of likely N-dealkylation sites (N-methyl/N-ethyl adjacent to an activating group) is 1. The van der Waals surface area contributed by atoms with Crippen LogP contribution in [0.1, 0.15) is 23.6 Å². The fourth-order valence-electron chi connectivity index (χ4n) is 5.79. The van der Waals surface area contributed by atoms with E-state index in [1.165, 1.54) is 4.90 Å². The van der Waals surface area contributed by atoms with Crippen LogP contribution >= 0.6 is 0 Å². The number of amides is 2. The molecular weight excluding hydrogens is 386 g/mol. The van der Waals surface area contributed by atoms with Gasteiger partial charge in [-0.3, -0.25) is 9.59 Å². The van der Waals surface area contributed by atoms with E-state index in [0.29, 0.717) is 17.9 Å². The molecule has 5 aliphatic heterocycles. The second-order valence-electron chi connectivity index (χ2n) is 8.57. The van der Waals surface area contributed by atoms with Crippen molar-refractivity contribution in [1.82, 2.24) is 9.80 Å². The number of piperidine rings is 1. The summed E-state index contributed by atoms with van der Waals surface area (Å²) in [5.41, 5.74) is 1.45. The Morgan fingerprint density at radius 3 is 2.83 bits per heavy atom. The lowest BCUT2D eigenvalue weighted by atomic mass is 9.76.